The van der Waals surface area contributed by atoms with Crippen LogP contribution < -0.4 is 9.47 Å². The van der Waals surface area contributed by atoms with Gasteiger partial charge < -0.3 is 19.5 Å². The first-order chi connectivity index (χ1) is 11.8. The lowest BCUT2D eigenvalue weighted by Gasteiger charge is -2.37. The molecule has 6 nitrogen and oxygen atoms in total. The molecule has 0 bridgehead atoms. The molecule has 1 aliphatic carbocycles. The van der Waals surface area contributed by atoms with Crippen molar-refractivity contribution < 1.29 is 24.2 Å². The molecule has 0 saturated heterocycles. The summed E-state index contributed by atoms with van der Waals surface area (Å²) in [7, 11) is 3.13. The number of carboxylic acids is 1. The molecule has 1 N–H and O–H groups in total. The van der Waals surface area contributed by atoms with E-state index in [1.54, 1.807) is 19.1 Å². The third-order valence-electron chi connectivity index (χ3n) is 5.47. The zero-order valence-corrected chi connectivity index (χ0v) is 15.2. The number of rotatable bonds is 5. The van der Waals surface area contributed by atoms with Crippen LogP contribution in [0.15, 0.2) is 12.1 Å². The van der Waals surface area contributed by atoms with Gasteiger partial charge in [-0.15, -0.1) is 0 Å². The third-order valence-corrected chi connectivity index (χ3v) is 5.47. The van der Waals surface area contributed by atoms with Crippen LogP contribution in [-0.2, 0) is 16.0 Å². The number of methoxy groups -OCH3 is 2. The molecule has 2 aliphatic rings. The summed E-state index contributed by atoms with van der Waals surface area (Å²) in [4.78, 5) is 26.1. The second kappa shape index (κ2) is 6.24. The van der Waals surface area contributed by atoms with E-state index in [2.05, 4.69) is 13.8 Å². The Hall–Kier alpha value is -2.24. The van der Waals surface area contributed by atoms with E-state index in [1.807, 2.05) is 12.1 Å². The Bertz CT molecular complexity index is 712. The largest absolute Gasteiger partial charge is 0.493 e. The van der Waals surface area contributed by atoms with Crippen LogP contribution >= 0.6 is 0 Å². The minimum atomic E-state index is -0.916. The number of nitrogens with zero attached hydrogens (tertiary/aromatic N) is 1. The Morgan fingerprint density at radius 3 is 2.36 bits per heavy atom. The van der Waals surface area contributed by atoms with Crippen LogP contribution in [0.2, 0.25) is 0 Å². The zero-order chi connectivity index (χ0) is 18.4. The third kappa shape index (κ3) is 3.17. The lowest BCUT2D eigenvalue weighted by molar-refractivity contribution is -0.142. The molecule has 1 saturated carbocycles. The molecule has 136 valence electrons. The number of hydrogen-bond donors (Lipinski definition) is 1. The van der Waals surface area contributed by atoms with Gasteiger partial charge in [-0.3, -0.25) is 9.59 Å². The van der Waals surface area contributed by atoms with E-state index in [0.29, 0.717) is 24.5 Å². The minimum Gasteiger partial charge on any atom is -0.493 e. The normalized spacial score (nSPS) is 23.6. The Balaban J connectivity index is 1.98. The molecule has 0 radical (unpaired) electrons. The first-order valence-electron chi connectivity index (χ1n) is 8.55. The maximum absolute atomic E-state index is 12.9. The highest BCUT2D eigenvalue weighted by Crippen LogP contribution is 2.53. The number of benzene rings is 1. The molecular formula is C19H25NO5. The van der Waals surface area contributed by atoms with Crippen molar-refractivity contribution >= 4 is 11.9 Å². The van der Waals surface area contributed by atoms with E-state index in [4.69, 9.17) is 9.47 Å². The zero-order valence-electron chi connectivity index (χ0n) is 15.2. The molecule has 0 spiro atoms. The summed E-state index contributed by atoms with van der Waals surface area (Å²) >= 11 is 0. The summed E-state index contributed by atoms with van der Waals surface area (Å²) < 4.78 is 10.7. The molecule has 1 fully saturated rings. The van der Waals surface area contributed by atoms with Crippen molar-refractivity contribution in [3.63, 3.8) is 0 Å². The van der Waals surface area contributed by atoms with Crippen molar-refractivity contribution in [3.05, 3.63) is 23.3 Å². The maximum atomic E-state index is 12.9. The summed E-state index contributed by atoms with van der Waals surface area (Å²) in [5.74, 6) is 0.318. The lowest BCUT2D eigenvalue weighted by atomic mass is 9.89. The van der Waals surface area contributed by atoms with E-state index >= 15 is 0 Å². The Kier molecular flexibility index (Phi) is 4.39. The van der Waals surface area contributed by atoms with E-state index < -0.39 is 12.0 Å². The number of fused-ring (bicyclic) bond motifs is 1. The number of hydrogen-bond acceptors (Lipinski definition) is 4. The van der Waals surface area contributed by atoms with Gasteiger partial charge in [-0.05, 0) is 41.5 Å². The Labute approximate surface area is 147 Å². The Morgan fingerprint density at radius 2 is 1.84 bits per heavy atom. The summed E-state index contributed by atoms with van der Waals surface area (Å²) in [6.45, 7) is 4.69. The molecule has 25 heavy (non-hydrogen) atoms. The highest BCUT2D eigenvalue weighted by molar-refractivity contribution is 5.84. The fourth-order valence-corrected chi connectivity index (χ4v) is 3.77. The number of carbonyl (C=O) groups is 2. The summed E-state index contributed by atoms with van der Waals surface area (Å²) in [5, 5.41) is 9.38. The number of ether oxygens (including phenoxy) is 2. The number of amides is 1. The van der Waals surface area contributed by atoms with E-state index in [1.165, 1.54) is 0 Å². The van der Waals surface area contributed by atoms with Crippen LogP contribution in [0.5, 0.6) is 11.5 Å². The quantitative estimate of drug-likeness (QED) is 0.886. The number of carbonyl (C=O) groups excluding carboxylic acids is 1. The van der Waals surface area contributed by atoms with Gasteiger partial charge in [0.1, 0.15) is 0 Å². The van der Waals surface area contributed by atoms with Gasteiger partial charge in [0.2, 0.25) is 5.91 Å². The monoisotopic (exact) mass is 347 g/mol. The molecule has 0 aromatic heterocycles. The highest BCUT2D eigenvalue weighted by Gasteiger charge is 2.53. The van der Waals surface area contributed by atoms with Crippen LogP contribution in [-0.4, -0.2) is 42.6 Å². The van der Waals surface area contributed by atoms with Crippen molar-refractivity contribution in [2.45, 2.75) is 39.2 Å². The fraction of sp³-hybridized carbons (Fsp3) is 0.579. The first-order valence-corrected chi connectivity index (χ1v) is 8.55. The topological polar surface area (TPSA) is 76.1 Å². The summed E-state index contributed by atoms with van der Waals surface area (Å²) in [6, 6.07) is 3.25. The molecule has 1 amide bonds. The van der Waals surface area contributed by atoms with E-state index in [0.717, 1.165) is 17.5 Å². The number of aliphatic carboxylic acids is 1. The molecule has 1 unspecified atom stereocenters. The average molecular weight is 347 g/mol. The first kappa shape index (κ1) is 17.6. The van der Waals surface area contributed by atoms with Gasteiger partial charge in [-0.2, -0.15) is 0 Å². The van der Waals surface area contributed by atoms with Crippen molar-refractivity contribution in [1.82, 2.24) is 4.90 Å². The van der Waals surface area contributed by atoms with Gasteiger partial charge in [-0.25, -0.2) is 0 Å². The van der Waals surface area contributed by atoms with Gasteiger partial charge in [0.15, 0.2) is 11.5 Å². The standard InChI is InChI=1S/C19H25NO5/c1-19(2)10-13(19)18(23)20-6-5-11-7-15(24-3)16(25-4)8-12(11)14(20)9-17(21)22/h7-8,13-14H,5-6,9-10H2,1-4H3,(H,21,22)/t13-,14?/m1/s1. The SMILES string of the molecule is COc1cc2c(cc1OC)C(CC(=O)O)N(C(=O)[C@H]1CC1(C)C)CC2. The molecule has 1 aromatic rings. The van der Waals surface area contributed by atoms with Crippen LogP contribution in [0.4, 0.5) is 0 Å². The van der Waals surface area contributed by atoms with Gasteiger partial charge >= 0.3 is 5.97 Å². The predicted molar refractivity (Wildman–Crippen MR) is 91.8 cm³/mol. The summed E-state index contributed by atoms with van der Waals surface area (Å²) in [5.41, 5.74) is 1.88. The molecule has 2 atom stereocenters. The highest BCUT2D eigenvalue weighted by atomic mass is 16.5. The number of carboxylic acid groups (broad SMARTS) is 1. The van der Waals surface area contributed by atoms with Crippen LogP contribution in [0, 0.1) is 11.3 Å². The van der Waals surface area contributed by atoms with Crippen molar-refractivity contribution in [1.29, 1.82) is 0 Å². The summed E-state index contributed by atoms with van der Waals surface area (Å²) in [6.07, 6.45) is 1.44. The van der Waals surface area contributed by atoms with Crippen molar-refractivity contribution in [3.8, 4) is 11.5 Å². The molecule has 3 rings (SSSR count). The molecule has 1 aliphatic heterocycles. The van der Waals surface area contributed by atoms with E-state index in [9.17, 15) is 14.7 Å². The molecule has 1 heterocycles. The molecule has 6 heteroatoms. The van der Waals surface area contributed by atoms with Crippen LogP contribution in [0.25, 0.3) is 0 Å². The predicted octanol–water partition coefficient (Wildman–Crippen LogP) is 2.65. The van der Waals surface area contributed by atoms with Gasteiger partial charge in [0.05, 0.1) is 26.7 Å². The average Bonchev–Trinajstić information content (AvgIpc) is 3.21. The van der Waals surface area contributed by atoms with Crippen molar-refractivity contribution in [2.75, 3.05) is 20.8 Å². The second-order valence-corrected chi connectivity index (χ2v) is 7.55. The van der Waals surface area contributed by atoms with Gasteiger partial charge in [0.25, 0.3) is 0 Å². The van der Waals surface area contributed by atoms with Crippen LogP contribution in [0.1, 0.15) is 43.9 Å². The van der Waals surface area contributed by atoms with Crippen LogP contribution in [0.3, 0.4) is 0 Å². The minimum absolute atomic E-state index is 0.00881. The Morgan fingerprint density at radius 1 is 1.24 bits per heavy atom. The smallest absolute Gasteiger partial charge is 0.305 e. The fourth-order valence-electron chi connectivity index (χ4n) is 3.77. The van der Waals surface area contributed by atoms with E-state index in [-0.39, 0.29) is 23.7 Å². The lowest BCUT2D eigenvalue weighted by Crippen LogP contribution is -2.42. The molecule has 1 aromatic carbocycles. The van der Waals surface area contributed by atoms with Gasteiger partial charge in [0, 0.05) is 12.5 Å². The second-order valence-electron chi connectivity index (χ2n) is 7.55. The molecular weight excluding hydrogens is 322 g/mol. The van der Waals surface area contributed by atoms with Crippen molar-refractivity contribution in [2.24, 2.45) is 11.3 Å². The van der Waals surface area contributed by atoms with Gasteiger partial charge in [-0.1, -0.05) is 13.8 Å². The maximum Gasteiger partial charge on any atom is 0.305 e.